The monoisotopic (exact) mass is 625 g/mol. The number of hydrogen-bond acceptors (Lipinski definition) is 2. The molecule has 0 saturated carbocycles. The lowest BCUT2D eigenvalue weighted by atomic mass is 9.84. The van der Waals surface area contributed by atoms with Crippen LogP contribution in [0, 0.1) is 0 Å². The highest BCUT2D eigenvalue weighted by molar-refractivity contribution is 6.30. The van der Waals surface area contributed by atoms with E-state index in [9.17, 15) is 0 Å². The molecule has 0 unspecified atom stereocenters. The van der Waals surface area contributed by atoms with Crippen molar-refractivity contribution in [1.29, 1.82) is 0 Å². The lowest BCUT2D eigenvalue weighted by Crippen LogP contribution is -1.93. The van der Waals surface area contributed by atoms with Crippen molar-refractivity contribution in [2.24, 2.45) is 0 Å². The van der Waals surface area contributed by atoms with Crippen LogP contribution in [0.2, 0.25) is 0 Å². The number of furan rings is 2. The molecule has 3 nitrogen and oxygen atoms in total. The molecule has 49 heavy (non-hydrogen) atoms. The van der Waals surface area contributed by atoms with Crippen molar-refractivity contribution in [2.45, 2.75) is 0 Å². The first kappa shape index (κ1) is 26.5. The number of aromatic nitrogens is 1. The van der Waals surface area contributed by atoms with Gasteiger partial charge in [-0.1, -0.05) is 115 Å². The van der Waals surface area contributed by atoms with Gasteiger partial charge in [-0.2, -0.15) is 0 Å². The third kappa shape index (κ3) is 3.62. The molecule has 8 aromatic carbocycles. The zero-order valence-electron chi connectivity index (χ0n) is 26.4. The van der Waals surface area contributed by atoms with Crippen LogP contribution in [0.5, 0.6) is 0 Å². The van der Waals surface area contributed by atoms with Crippen LogP contribution < -0.4 is 0 Å². The molecule has 3 aromatic heterocycles. The minimum Gasteiger partial charge on any atom is -0.464 e. The summed E-state index contributed by atoms with van der Waals surface area (Å²) in [6.45, 7) is 0. The van der Waals surface area contributed by atoms with Crippen LogP contribution in [0.1, 0.15) is 0 Å². The topological polar surface area (TPSA) is 31.2 Å². The van der Waals surface area contributed by atoms with Crippen LogP contribution in [0.3, 0.4) is 0 Å². The van der Waals surface area contributed by atoms with Crippen molar-refractivity contribution in [3.05, 3.63) is 164 Å². The number of para-hydroxylation sites is 3. The summed E-state index contributed by atoms with van der Waals surface area (Å²) in [5.41, 5.74) is 10.8. The van der Waals surface area contributed by atoms with Crippen LogP contribution in [0.15, 0.2) is 173 Å². The zero-order valence-corrected chi connectivity index (χ0v) is 26.4. The van der Waals surface area contributed by atoms with Crippen LogP contribution in [0.4, 0.5) is 0 Å². The fraction of sp³-hybridized carbons (Fsp3) is 0. The van der Waals surface area contributed by atoms with Crippen LogP contribution in [-0.2, 0) is 0 Å². The molecule has 11 rings (SSSR count). The summed E-state index contributed by atoms with van der Waals surface area (Å²) in [5, 5.41) is 10.6. The quantitative estimate of drug-likeness (QED) is 0.183. The van der Waals surface area contributed by atoms with Gasteiger partial charge in [-0.25, -0.2) is 0 Å². The van der Waals surface area contributed by atoms with Crippen molar-refractivity contribution >= 4 is 76.3 Å². The second-order valence-corrected chi connectivity index (χ2v) is 12.8. The molecular weight excluding hydrogens is 599 g/mol. The van der Waals surface area contributed by atoms with E-state index in [4.69, 9.17) is 8.83 Å². The maximum absolute atomic E-state index is 6.35. The van der Waals surface area contributed by atoms with Gasteiger partial charge in [0, 0.05) is 43.7 Å². The molecule has 0 amide bonds. The van der Waals surface area contributed by atoms with Crippen molar-refractivity contribution < 1.29 is 8.83 Å². The molecule has 0 atom stereocenters. The van der Waals surface area contributed by atoms with Gasteiger partial charge in [0.2, 0.25) is 0 Å². The number of fused-ring (bicyclic) bond motifs is 10. The minimum absolute atomic E-state index is 0.852. The Bertz CT molecular complexity index is 3050. The maximum atomic E-state index is 6.35. The Balaban J connectivity index is 1.30. The molecule has 0 spiro atoms. The van der Waals surface area contributed by atoms with Crippen molar-refractivity contribution in [2.75, 3.05) is 0 Å². The Kier molecular flexibility index (Phi) is 5.38. The van der Waals surface area contributed by atoms with Crippen LogP contribution in [-0.4, -0.2) is 4.57 Å². The average molecular weight is 626 g/mol. The van der Waals surface area contributed by atoms with Crippen molar-refractivity contribution in [3.8, 4) is 27.9 Å². The van der Waals surface area contributed by atoms with E-state index in [0.29, 0.717) is 0 Å². The Labute approximate surface area is 280 Å². The highest BCUT2D eigenvalue weighted by atomic mass is 16.3. The fourth-order valence-corrected chi connectivity index (χ4v) is 8.32. The fourth-order valence-electron chi connectivity index (χ4n) is 8.32. The Morgan fingerprint density at radius 1 is 0.347 bits per heavy atom. The van der Waals surface area contributed by atoms with E-state index in [2.05, 4.69) is 138 Å². The van der Waals surface area contributed by atoms with Crippen LogP contribution >= 0.6 is 0 Å². The molecule has 0 fully saturated rings. The van der Waals surface area contributed by atoms with E-state index in [1.165, 1.54) is 60.0 Å². The smallest absolute Gasteiger partial charge is 0.136 e. The zero-order chi connectivity index (χ0) is 32.1. The molecule has 0 N–H and O–H groups in total. The number of rotatable bonds is 3. The summed E-state index contributed by atoms with van der Waals surface area (Å²) in [5.74, 6) is 0. The van der Waals surface area contributed by atoms with Gasteiger partial charge >= 0.3 is 0 Å². The predicted octanol–water partition coefficient (Wildman–Crippen LogP) is 13.1. The molecule has 0 aliphatic heterocycles. The Hall–Kier alpha value is -6.58. The van der Waals surface area contributed by atoms with Crippen molar-refractivity contribution in [3.63, 3.8) is 0 Å². The van der Waals surface area contributed by atoms with Gasteiger partial charge in [-0.3, -0.25) is 0 Å². The normalized spacial score (nSPS) is 12.1. The SMILES string of the molecule is c1ccc(-n2c3ccccc3c3c(-c4c5ccccc5c(-c5coc6ccc7oc8ccccc8c7c56)c5ccccc45)cccc32)cc1. The van der Waals surface area contributed by atoms with Gasteiger partial charge in [-0.05, 0) is 75.1 Å². The average Bonchev–Trinajstić information content (AvgIpc) is 3.86. The molecule has 11 aromatic rings. The van der Waals surface area contributed by atoms with E-state index in [-0.39, 0.29) is 0 Å². The minimum atomic E-state index is 0.852. The summed E-state index contributed by atoms with van der Waals surface area (Å²) in [6.07, 6.45) is 1.94. The van der Waals surface area contributed by atoms with Gasteiger partial charge < -0.3 is 13.4 Å². The number of hydrogen-bond donors (Lipinski definition) is 0. The van der Waals surface area contributed by atoms with Gasteiger partial charge in [0.15, 0.2) is 0 Å². The number of benzene rings is 8. The lowest BCUT2D eigenvalue weighted by Gasteiger charge is -2.18. The molecule has 3 heterocycles. The molecule has 228 valence electrons. The summed E-state index contributed by atoms with van der Waals surface area (Å²) in [6, 6.07) is 56.2. The summed E-state index contributed by atoms with van der Waals surface area (Å²) >= 11 is 0. The first-order valence-corrected chi connectivity index (χ1v) is 16.7. The van der Waals surface area contributed by atoms with E-state index in [1.807, 2.05) is 30.5 Å². The summed E-state index contributed by atoms with van der Waals surface area (Å²) < 4.78 is 15.1. The van der Waals surface area contributed by atoms with E-state index < -0.39 is 0 Å². The molecular formula is C46H27NO2. The second kappa shape index (κ2) is 9.96. The first-order chi connectivity index (χ1) is 24.3. The first-order valence-electron chi connectivity index (χ1n) is 16.7. The highest BCUT2D eigenvalue weighted by Crippen LogP contribution is 2.50. The Morgan fingerprint density at radius 3 is 1.65 bits per heavy atom. The van der Waals surface area contributed by atoms with Gasteiger partial charge in [0.25, 0.3) is 0 Å². The second-order valence-electron chi connectivity index (χ2n) is 12.8. The Morgan fingerprint density at radius 2 is 0.918 bits per heavy atom. The standard InChI is InChI=1S/C46H27NO2/c1-2-13-28(14-3-1)47-37-22-10-8-19-33(37)44-35(21-12-23-38(44)47)42-29-15-4-6-17-31(29)43(32-18-7-5-16-30(32)42)36-27-48-40-25-26-41-45(46(36)40)34-20-9-11-24-39(34)49-41/h1-27H. The highest BCUT2D eigenvalue weighted by Gasteiger charge is 2.24. The molecule has 0 saturated heterocycles. The largest absolute Gasteiger partial charge is 0.464 e. The molecule has 0 bridgehead atoms. The number of nitrogens with zero attached hydrogens (tertiary/aromatic N) is 1. The van der Waals surface area contributed by atoms with E-state index in [1.54, 1.807) is 0 Å². The lowest BCUT2D eigenvalue weighted by molar-refractivity contribution is 0.616. The van der Waals surface area contributed by atoms with E-state index in [0.717, 1.165) is 44.2 Å². The van der Waals surface area contributed by atoms with Gasteiger partial charge in [-0.15, -0.1) is 0 Å². The summed E-state index contributed by atoms with van der Waals surface area (Å²) in [7, 11) is 0. The third-order valence-electron chi connectivity index (χ3n) is 10.3. The predicted molar refractivity (Wildman–Crippen MR) is 204 cm³/mol. The third-order valence-corrected chi connectivity index (χ3v) is 10.3. The van der Waals surface area contributed by atoms with Gasteiger partial charge in [0.05, 0.1) is 17.3 Å². The summed E-state index contributed by atoms with van der Waals surface area (Å²) in [4.78, 5) is 0. The van der Waals surface area contributed by atoms with Crippen molar-refractivity contribution in [1.82, 2.24) is 4.57 Å². The van der Waals surface area contributed by atoms with Crippen LogP contribution in [0.25, 0.3) is 104 Å². The molecule has 0 radical (unpaired) electrons. The maximum Gasteiger partial charge on any atom is 0.136 e. The molecule has 0 aliphatic rings. The molecule has 3 heteroatoms. The molecule has 0 aliphatic carbocycles. The van der Waals surface area contributed by atoms with E-state index >= 15 is 0 Å². The van der Waals surface area contributed by atoms with Gasteiger partial charge in [0.1, 0.15) is 16.7 Å².